The first-order valence-electron chi connectivity index (χ1n) is 28.9. The molecule has 0 aliphatic heterocycles. The molecule has 12 rings (SSSR count). The van der Waals surface area contributed by atoms with Gasteiger partial charge in [0.15, 0.2) is 9.84 Å². The number of primary sulfonamides is 3. The van der Waals surface area contributed by atoms with E-state index in [-0.39, 0.29) is 36.6 Å². The van der Waals surface area contributed by atoms with Gasteiger partial charge in [-0.1, -0.05) is 126 Å². The molecule has 0 saturated heterocycles. The Morgan fingerprint density at radius 3 is 1.20 bits per heavy atom. The molecule has 3 aromatic heterocycles. The zero-order valence-corrected chi connectivity index (χ0v) is 55.3. The SMILES string of the molecule is CS(=O)(=O)c1cc(Cl)ccc1CCc1nc2ccc(-c3ccccc3S(N)(=O)=O)cc2[nH]1.Cc1ccc(C(F)(F)F)c(CCc2nc3ccc(-c4ccccc4S(N)(=O)=O)cc3[nH]2)c1.NS(=O)(=O)c1ccccc1-c1ccc2nc(CCc3ccc(Cl)c(C(F)(F)F)c3)[nH]c2c1. The lowest BCUT2D eigenvalue weighted by molar-refractivity contribution is -0.138. The van der Waals surface area contributed by atoms with E-state index in [1.165, 1.54) is 36.4 Å². The van der Waals surface area contributed by atoms with Crippen LogP contribution in [-0.4, -0.2) is 69.8 Å². The molecule has 0 aliphatic carbocycles. The van der Waals surface area contributed by atoms with Crippen molar-refractivity contribution < 1.29 is 60.0 Å². The fourth-order valence-corrected chi connectivity index (χ4v) is 14.6. The van der Waals surface area contributed by atoms with Crippen molar-refractivity contribution in [2.45, 2.75) is 77.4 Å². The first-order valence-corrected chi connectivity index (χ1v) is 36.2. The number of nitrogens with zero attached hydrogens (tertiary/aromatic N) is 3. The summed E-state index contributed by atoms with van der Waals surface area (Å²) in [5, 5.41) is 16.0. The summed E-state index contributed by atoms with van der Waals surface area (Å²) < 4.78 is 175. The van der Waals surface area contributed by atoms with Gasteiger partial charge in [0.2, 0.25) is 30.1 Å². The molecule has 0 bridgehead atoms. The number of sulfonamides is 3. The smallest absolute Gasteiger partial charge is 0.342 e. The van der Waals surface area contributed by atoms with E-state index >= 15 is 0 Å². The van der Waals surface area contributed by atoms with Crippen LogP contribution < -0.4 is 15.4 Å². The van der Waals surface area contributed by atoms with Crippen molar-refractivity contribution in [3.63, 3.8) is 0 Å². The van der Waals surface area contributed by atoms with E-state index in [1.54, 1.807) is 134 Å². The average molecular weight is 1430 g/mol. The van der Waals surface area contributed by atoms with Crippen LogP contribution in [0.3, 0.4) is 0 Å². The zero-order chi connectivity index (χ0) is 69.3. The minimum Gasteiger partial charge on any atom is -0.342 e. The van der Waals surface area contributed by atoms with Gasteiger partial charge in [-0.3, -0.25) is 0 Å². The number of hydrogen-bond acceptors (Lipinski definition) is 11. The van der Waals surface area contributed by atoms with Crippen LogP contribution in [0, 0.1) is 6.92 Å². The maximum atomic E-state index is 13.3. The molecule has 0 aliphatic rings. The van der Waals surface area contributed by atoms with Crippen molar-refractivity contribution in [1.29, 1.82) is 0 Å². The number of halogens is 8. The normalized spacial score (nSPS) is 12.4. The fourth-order valence-electron chi connectivity index (χ4n) is 10.9. The Morgan fingerprint density at radius 1 is 0.406 bits per heavy atom. The van der Waals surface area contributed by atoms with Crippen LogP contribution in [0.25, 0.3) is 66.5 Å². The van der Waals surface area contributed by atoms with Gasteiger partial charge in [0.25, 0.3) is 0 Å². The molecule has 9 aromatic carbocycles. The van der Waals surface area contributed by atoms with Gasteiger partial charge in [0.1, 0.15) is 17.5 Å². The van der Waals surface area contributed by atoms with Crippen LogP contribution in [0.1, 0.15) is 50.9 Å². The number of nitrogens with two attached hydrogens (primary N) is 3. The summed E-state index contributed by atoms with van der Waals surface area (Å²) >= 11 is 11.6. The highest BCUT2D eigenvalue weighted by atomic mass is 35.5. The summed E-state index contributed by atoms with van der Waals surface area (Å²) in [7, 11) is -15.1. The number of imidazole rings is 3. The number of sulfone groups is 1. The first-order chi connectivity index (χ1) is 45.1. The number of rotatable bonds is 16. The number of aromatic nitrogens is 6. The Balaban J connectivity index is 0.000000157. The monoisotopic (exact) mass is 1430 g/mol. The largest absolute Gasteiger partial charge is 0.417 e. The van der Waals surface area contributed by atoms with E-state index in [9.17, 15) is 60.0 Å². The molecule has 3 heterocycles. The number of alkyl halides is 6. The molecule has 498 valence electrons. The summed E-state index contributed by atoms with van der Waals surface area (Å²) in [5.41, 5.74) is 8.12. The van der Waals surface area contributed by atoms with E-state index < -0.39 is 63.4 Å². The molecule has 0 spiro atoms. The molecule has 0 radical (unpaired) electrons. The average Bonchev–Trinajstić information content (AvgIpc) is 1.66. The molecule has 0 atom stereocenters. The van der Waals surface area contributed by atoms with Gasteiger partial charge in [-0.25, -0.2) is 64.0 Å². The Kier molecular flexibility index (Phi) is 20.2. The molecule has 0 amide bonds. The highest BCUT2D eigenvalue weighted by Gasteiger charge is 2.34. The van der Waals surface area contributed by atoms with Crippen molar-refractivity contribution in [2.75, 3.05) is 6.26 Å². The number of fused-ring (bicyclic) bond motifs is 3. The van der Waals surface area contributed by atoms with Crippen LogP contribution >= 0.6 is 23.2 Å². The number of hydrogen-bond donors (Lipinski definition) is 6. The van der Waals surface area contributed by atoms with Crippen LogP contribution in [0.5, 0.6) is 0 Å². The Morgan fingerprint density at radius 2 is 0.802 bits per heavy atom. The summed E-state index contributed by atoms with van der Waals surface area (Å²) in [6.07, 6.45) is -5.63. The third-order valence-electron chi connectivity index (χ3n) is 15.4. The molecule has 96 heavy (non-hydrogen) atoms. The number of aryl methyl sites for hydroxylation is 7. The molecular formula is C67H57Cl2F6N9O8S4. The van der Waals surface area contributed by atoms with E-state index in [0.29, 0.717) is 121 Å². The Hall–Kier alpha value is -8.77. The van der Waals surface area contributed by atoms with Gasteiger partial charge < -0.3 is 15.0 Å². The number of aromatic amines is 3. The minimum atomic E-state index is -4.52. The van der Waals surface area contributed by atoms with Crippen LogP contribution in [0.4, 0.5) is 26.3 Å². The third kappa shape index (κ3) is 16.9. The van der Waals surface area contributed by atoms with Crippen molar-refractivity contribution in [3.8, 4) is 33.4 Å². The summed E-state index contributed by atoms with van der Waals surface area (Å²) in [5.74, 6) is 1.83. The van der Waals surface area contributed by atoms with Gasteiger partial charge in [0, 0.05) is 47.2 Å². The zero-order valence-electron chi connectivity index (χ0n) is 50.6. The Bertz CT molecular complexity index is 5440. The Labute approximate surface area is 557 Å². The maximum Gasteiger partial charge on any atom is 0.417 e. The maximum absolute atomic E-state index is 13.3. The lowest BCUT2D eigenvalue weighted by Gasteiger charge is -2.13. The van der Waals surface area contributed by atoms with Crippen LogP contribution in [-0.2, 0) is 90.8 Å². The lowest BCUT2D eigenvalue weighted by atomic mass is 10.00. The van der Waals surface area contributed by atoms with E-state index in [1.807, 2.05) is 6.07 Å². The van der Waals surface area contributed by atoms with Crippen LogP contribution in [0.2, 0.25) is 10.0 Å². The molecule has 29 heteroatoms. The second-order valence-corrected chi connectivity index (χ2v) is 29.8. The van der Waals surface area contributed by atoms with Gasteiger partial charge in [-0.2, -0.15) is 26.3 Å². The molecular weight excluding hydrogens is 1370 g/mol. The summed E-state index contributed by atoms with van der Waals surface area (Å²) in [6, 6.07) is 48.0. The number of nitrogens with one attached hydrogen (secondary N) is 3. The lowest BCUT2D eigenvalue weighted by Crippen LogP contribution is -2.13. The van der Waals surface area contributed by atoms with Gasteiger partial charge in [-0.15, -0.1) is 0 Å². The van der Waals surface area contributed by atoms with E-state index in [0.717, 1.165) is 35.0 Å². The topological polar surface area (TPSA) is 301 Å². The summed E-state index contributed by atoms with van der Waals surface area (Å²) in [6.45, 7) is 1.76. The van der Waals surface area contributed by atoms with Crippen molar-refractivity contribution in [3.05, 3.63) is 243 Å². The molecule has 0 fully saturated rings. The van der Waals surface area contributed by atoms with Crippen LogP contribution in [0.15, 0.2) is 202 Å². The second kappa shape index (κ2) is 27.8. The predicted octanol–water partition coefficient (Wildman–Crippen LogP) is 14.0. The van der Waals surface area contributed by atoms with Crippen molar-refractivity contribution >= 4 is 96.2 Å². The summed E-state index contributed by atoms with van der Waals surface area (Å²) in [4.78, 5) is 23.3. The van der Waals surface area contributed by atoms with Gasteiger partial charge >= 0.3 is 12.4 Å². The van der Waals surface area contributed by atoms with E-state index in [2.05, 4.69) is 29.9 Å². The highest BCUT2D eigenvalue weighted by Crippen LogP contribution is 2.38. The fraction of sp³-hybridized carbons (Fsp3) is 0.149. The quantitative estimate of drug-likeness (QED) is 0.0494. The standard InChI is InChI=1S/C23H20F3N3O2S.C22H17ClF3N3O2S.C22H20ClN3O4S2/c1-14-6-9-18(23(24,25)26)16(12-14)8-11-22-28-19-10-7-15(13-20(19)29-22)17-4-2-3-5-21(17)32(27,30)31;23-17-8-5-13(11-16(17)22(24,25)26)6-10-21-28-18-9-7-14(12-19(18)29-21)15-3-1-2-4-20(15)32(27,30)31;1-31(27,28)21-13-16(23)9-6-14(21)8-11-22-25-18-10-7-15(12-19(18)26-22)17-4-2-3-5-20(17)32(24,29)30/h2-7,9-10,12-13H,8,11H2,1H3,(H,28,29)(H2,27,30,31);1-5,7-9,11-12H,6,10H2,(H,28,29)(H2,27,30,31);2-7,9-10,12-13H,8,11H2,1H3,(H,25,26)(H2,24,29,30). The highest BCUT2D eigenvalue weighted by molar-refractivity contribution is 7.91. The number of H-pyrrole nitrogens is 3. The first kappa shape index (κ1) is 70.0. The van der Waals surface area contributed by atoms with Crippen molar-refractivity contribution in [1.82, 2.24) is 29.9 Å². The van der Waals surface area contributed by atoms with Gasteiger partial charge in [0.05, 0.1) is 68.8 Å². The molecule has 0 unspecified atom stereocenters. The molecule has 12 aromatic rings. The predicted molar refractivity (Wildman–Crippen MR) is 358 cm³/mol. The molecule has 17 nitrogen and oxygen atoms in total. The van der Waals surface area contributed by atoms with E-state index in [4.69, 9.17) is 38.6 Å². The van der Waals surface area contributed by atoms with Gasteiger partial charge in [-0.05, 0) is 144 Å². The second-order valence-electron chi connectivity index (χ2n) is 22.4. The molecule has 0 saturated carbocycles. The molecule has 9 N–H and O–H groups in total. The minimum absolute atomic E-state index is 0.0122. The van der Waals surface area contributed by atoms with Crippen molar-refractivity contribution in [2.24, 2.45) is 15.4 Å². The third-order valence-corrected chi connectivity index (χ3v) is 20.0. The number of benzene rings is 9.